The first kappa shape index (κ1) is 11.7. The first-order chi connectivity index (χ1) is 8.02. The number of halogens is 1. The summed E-state index contributed by atoms with van der Waals surface area (Å²) in [5, 5.41) is 11.9. The SMILES string of the molecule is CCC1CC1Nc1cc(C(=O)O)c(N)cc1F. The van der Waals surface area contributed by atoms with Gasteiger partial charge in [0, 0.05) is 11.7 Å². The maximum atomic E-state index is 13.6. The van der Waals surface area contributed by atoms with Gasteiger partial charge in [-0.05, 0) is 24.5 Å². The molecule has 0 aliphatic heterocycles. The van der Waals surface area contributed by atoms with E-state index in [1.807, 2.05) is 0 Å². The number of nitrogen functional groups attached to an aromatic ring is 1. The molecule has 17 heavy (non-hydrogen) atoms. The highest BCUT2D eigenvalue weighted by Crippen LogP contribution is 2.37. The number of nitrogens with one attached hydrogen (secondary N) is 1. The van der Waals surface area contributed by atoms with Crippen LogP contribution in [0.4, 0.5) is 15.8 Å². The van der Waals surface area contributed by atoms with E-state index in [2.05, 4.69) is 12.2 Å². The van der Waals surface area contributed by atoms with E-state index in [1.165, 1.54) is 6.07 Å². The zero-order chi connectivity index (χ0) is 12.6. The van der Waals surface area contributed by atoms with E-state index in [9.17, 15) is 9.18 Å². The normalized spacial score (nSPS) is 22.2. The fraction of sp³-hybridized carbons (Fsp3) is 0.417. The maximum absolute atomic E-state index is 13.6. The van der Waals surface area contributed by atoms with Gasteiger partial charge >= 0.3 is 5.97 Å². The van der Waals surface area contributed by atoms with Crippen molar-refractivity contribution in [3.63, 3.8) is 0 Å². The summed E-state index contributed by atoms with van der Waals surface area (Å²) in [5.41, 5.74) is 5.54. The van der Waals surface area contributed by atoms with E-state index in [0.717, 1.165) is 18.9 Å². The molecular formula is C12H15FN2O2. The van der Waals surface area contributed by atoms with Crippen LogP contribution in [-0.2, 0) is 0 Å². The summed E-state index contributed by atoms with van der Waals surface area (Å²) in [6.07, 6.45) is 2.04. The molecule has 0 heterocycles. The van der Waals surface area contributed by atoms with Crippen molar-refractivity contribution < 1.29 is 14.3 Å². The molecule has 1 fully saturated rings. The molecule has 92 valence electrons. The second kappa shape index (κ2) is 4.24. The summed E-state index contributed by atoms with van der Waals surface area (Å²) in [6, 6.07) is 2.56. The van der Waals surface area contributed by atoms with Gasteiger partial charge in [-0.15, -0.1) is 0 Å². The predicted octanol–water partition coefficient (Wildman–Crippen LogP) is 2.32. The first-order valence-corrected chi connectivity index (χ1v) is 5.61. The number of aromatic carboxylic acids is 1. The molecule has 0 saturated heterocycles. The minimum absolute atomic E-state index is 0.0524. The van der Waals surface area contributed by atoms with Gasteiger partial charge in [0.1, 0.15) is 5.82 Å². The minimum atomic E-state index is -1.15. The molecule has 0 spiro atoms. The van der Waals surface area contributed by atoms with Gasteiger partial charge in [0.2, 0.25) is 0 Å². The van der Waals surface area contributed by atoms with Crippen LogP contribution < -0.4 is 11.1 Å². The van der Waals surface area contributed by atoms with Crippen molar-refractivity contribution in [1.82, 2.24) is 0 Å². The van der Waals surface area contributed by atoms with Crippen LogP contribution in [0.15, 0.2) is 12.1 Å². The van der Waals surface area contributed by atoms with Crippen molar-refractivity contribution in [3.8, 4) is 0 Å². The third-order valence-corrected chi connectivity index (χ3v) is 3.16. The van der Waals surface area contributed by atoms with Crippen LogP contribution in [0.3, 0.4) is 0 Å². The van der Waals surface area contributed by atoms with Crippen LogP contribution in [0.2, 0.25) is 0 Å². The molecule has 2 rings (SSSR count). The molecule has 2 unspecified atom stereocenters. The highest BCUT2D eigenvalue weighted by molar-refractivity contribution is 5.94. The highest BCUT2D eigenvalue weighted by atomic mass is 19.1. The Morgan fingerprint density at radius 3 is 2.88 bits per heavy atom. The molecule has 4 N–H and O–H groups in total. The van der Waals surface area contributed by atoms with Gasteiger partial charge in [0.25, 0.3) is 0 Å². The van der Waals surface area contributed by atoms with E-state index in [0.29, 0.717) is 5.92 Å². The molecule has 2 atom stereocenters. The second-order valence-corrected chi connectivity index (χ2v) is 4.38. The number of hydrogen-bond donors (Lipinski definition) is 3. The summed E-state index contributed by atoms with van der Waals surface area (Å²) in [4.78, 5) is 10.9. The first-order valence-electron chi connectivity index (χ1n) is 5.61. The summed E-state index contributed by atoms with van der Waals surface area (Å²) in [6.45, 7) is 2.08. The third-order valence-electron chi connectivity index (χ3n) is 3.16. The van der Waals surface area contributed by atoms with Gasteiger partial charge in [0.15, 0.2) is 0 Å². The summed E-state index contributed by atoms with van der Waals surface area (Å²) in [5.74, 6) is -1.09. The van der Waals surface area contributed by atoms with Gasteiger partial charge in [-0.25, -0.2) is 9.18 Å². The molecule has 1 aliphatic carbocycles. The van der Waals surface area contributed by atoms with E-state index in [-0.39, 0.29) is 23.0 Å². The molecule has 4 nitrogen and oxygen atoms in total. The third kappa shape index (κ3) is 2.33. The lowest BCUT2D eigenvalue weighted by atomic mass is 10.1. The highest BCUT2D eigenvalue weighted by Gasteiger charge is 2.35. The van der Waals surface area contributed by atoms with Crippen molar-refractivity contribution in [2.75, 3.05) is 11.1 Å². The molecule has 0 radical (unpaired) electrons. The Bertz CT molecular complexity index is 462. The molecule has 5 heteroatoms. The van der Waals surface area contributed by atoms with Crippen LogP contribution in [0, 0.1) is 11.7 Å². The Labute approximate surface area is 98.6 Å². The zero-order valence-electron chi connectivity index (χ0n) is 9.53. The predicted molar refractivity (Wildman–Crippen MR) is 63.6 cm³/mol. The number of carboxylic acids is 1. The van der Waals surface area contributed by atoms with E-state index >= 15 is 0 Å². The van der Waals surface area contributed by atoms with Gasteiger partial charge in [-0.1, -0.05) is 13.3 Å². The van der Waals surface area contributed by atoms with E-state index in [1.54, 1.807) is 0 Å². The molecule has 1 aromatic carbocycles. The minimum Gasteiger partial charge on any atom is -0.478 e. The van der Waals surface area contributed by atoms with E-state index < -0.39 is 11.8 Å². The Kier molecular flexibility index (Phi) is 2.92. The zero-order valence-corrected chi connectivity index (χ0v) is 9.53. The van der Waals surface area contributed by atoms with Crippen molar-refractivity contribution >= 4 is 17.3 Å². The molecule has 1 saturated carbocycles. The Morgan fingerprint density at radius 1 is 1.65 bits per heavy atom. The largest absolute Gasteiger partial charge is 0.478 e. The number of carbonyl (C=O) groups is 1. The second-order valence-electron chi connectivity index (χ2n) is 4.38. The van der Waals surface area contributed by atoms with Crippen LogP contribution in [-0.4, -0.2) is 17.1 Å². The number of carboxylic acid groups (broad SMARTS) is 1. The number of benzene rings is 1. The lowest BCUT2D eigenvalue weighted by molar-refractivity contribution is 0.0698. The van der Waals surface area contributed by atoms with Crippen molar-refractivity contribution in [2.45, 2.75) is 25.8 Å². The molecule has 1 aliphatic rings. The van der Waals surface area contributed by atoms with Crippen LogP contribution in [0.25, 0.3) is 0 Å². The summed E-state index contributed by atoms with van der Waals surface area (Å²) >= 11 is 0. The Morgan fingerprint density at radius 2 is 2.35 bits per heavy atom. The summed E-state index contributed by atoms with van der Waals surface area (Å²) < 4.78 is 13.6. The standard InChI is InChI=1S/C12H15FN2O2/c1-2-6-3-10(6)15-11-4-7(12(16)17)9(14)5-8(11)13/h4-6,10,15H,2-3,14H2,1H3,(H,16,17). The maximum Gasteiger partial charge on any atom is 0.337 e. The number of nitrogens with two attached hydrogens (primary N) is 1. The summed E-state index contributed by atoms with van der Waals surface area (Å²) in [7, 11) is 0. The molecular weight excluding hydrogens is 223 g/mol. The van der Waals surface area contributed by atoms with Crippen LogP contribution in [0.5, 0.6) is 0 Å². The molecule has 1 aromatic rings. The lowest BCUT2D eigenvalue weighted by Crippen LogP contribution is -2.09. The van der Waals surface area contributed by atoms with Gasteiger partial charge in [0.05, 0.1) is 11.3 Å². The number of rotatable bonds is 4. The average Bonchev–Trinajstić information content (AvgIpc) is 3.00. The molecule has 0 bridgehead atoms. The van der Waals surface area contributed by atoms with Gasteiger partial charge < -0.3 is 16.2 Å². The smallest absolute Gasteiger partial charge is 0.337 e. The molecule has 0 aromatic heterocycles. The fourth-order valence-electron chi connectivity index (χ4n) is 1.96. The Balaban J connectivity index is 2.22. The monoisotopic (exact) mass is 238 g/mol. The lowest BCUT2D eigenvalue weighted by Gasteiger charge is -2.09. The topological polar surface area (TPSA) is 75.3 Å². The quantitative estimate of drug-likeness (QED) is 0.704. The van der Waals surface area contributed by atoms with Gasteiger partial charge in [-0.2, -0.15) is 0 Å². The van der Waals surface area contributed by atoms with Crippen molar-refractivity contribution in [2.24, 2.45) is 5.92 Å². The van der Waals surface area contributed by atoms with E-state index in [4.69, 9.17) is 10.8 Å². The van der Waals surface area contributed by atoms with Crippen molar-refractivity contribution in [1.29, 1.82) is 0 Å². The fourth-order valence-corrected chi connectivity index (χ4v) is 1.96. The molecule has 0 amide bonds. The number of hydrogen-bond acceptors (Lipinski definition) is 3. The van der Waals surface area contributed by atoms with Crippen LogP contribution in [0.1, 0.15) is 30.1 Å². The van der Waals surface area contributed by atoms with Crippen molar-refractivity contribution in [3.05, 3.63) is 23.5 Å². The Hall–Kier alpha value is -1.78. The average molecular weight is 238 g/mol. The number of anilines is 2. The van der Waals surface area contributed by atoms with Gasteiger partial charge in [-0.3, -0.25) is 0 Å². The van der Waals surface area contributed by atoms with Crippen LogP contribution >= 0.6 is 0 Å².